The van der Waals surface area contributed by atoms with E-state index in [1.807, 2.05) is 0 Å². The molecule has 2 heteroatoms. The lowest BCUT2D eigenvalue weighted by Gasteiger charge is -2.54. The van der Waals surface area contributed by atoms with Crippen molar-refractivity contribution >= 4 is 11.6 Å². The van der Waals surface area contributed by atoms with Gasteiger partial charge in [0.2, 0.25) is 0 Å². The number of fused-ring (bicyclic) bond motifs is 4. The van der Waals surface area contributed by atoms with Crippen LogP contribution >= 0.6 is 11.6 Å². The monoisotopic (exact) mass is 275 g/mol. The third kappa shape index (κ3) is 2.04. The number of hydrogen-bond donors (Lipinski definition) is 0. The van der Waals surface area contributed by atoms with Gasteiger partial charge in [-0.2, -0.15) is 0 Å². The Morgan fingerprint density at radius 3 is 3.00 bits per heavy atom. The number of benzene rings is 1. The zero-order valence-corrected chi connectivity index (χ0v) is 12.5. The molecular formula is C17H22ClN. The van der Waals surface area contributed by atoms with Crippen molar-refractivity contribution in [3.63, 3.8) is 0 Å². The molecule has 2 bridgehead atoms. The van der Waals surface area contributed by atoms with Crippen LogP contribution in [-0.4, -0.2) is 24.0 Å². The normalized spacial score (nSPS) is 34.5. The van der Waals surface area contributed by atoms with Crippen LogP contribution in [0.4, 0.5) is 0 Å². The van der Waals surface area contributed by atoms with Crippen molar-refractivity contribution in [2.24, 2.45) is 5.92 Å². The van der Waals surface area contributed by atoms with Gasteiger partial charge in [0, 0.05) is 18.1 Å². The molecule has 1 fully saturated rings. The molecule has 0 N–H and O–H groups in total. The summed E-state index contributed by atoms with van der Waals surface area (Å²) in [7, 11) is 0. The molecule has 0 unspecified atom stereocenters. The summed E-state index contributed by atoms with van der Waals surface area (Å²) in [5.74, 6) is 0.708. The highest BCUT2D eigenvalue weighted by Gasteiger charge is 2.47. The van der Waals surface area contributed by atoms with Crippen LogP contribution in [0.3, 0.4) is 0 Å². The van der Waals surface area contributed by atoms with Crippen molar-refractivity contribution < 1.29 is 0 Å². The fourth-order valence-corrected chi connectivity index (χ4v) is 4.16. The molecule has 1 aromatic carbocycles. The van der Waals surface area contributed by atoms with Gasteiger partial charge in [0.25, 0.3) is 0 Å². The molecule has 0 saturated carbocycles. The Bertz CT molecular complexity index is 496. The van der Waals surface area contributed by atoms with Gasteiger partial charge in [0.1, 0.15) is 0 Å². The first-order chi connectivity index (χ1) is 9.16. The Morgan fingerprint density at radius 2 is 2.21 bits per heavy atom. The highest BCUT2D eigenvalue weighted by Crippen LogP contribution is 2.48. The predicted octanol–water partition coefficient (Wildman–Crippen LogP) is 3.96. The minimum absolute atomic E-state index is 0.348. The molecule has 1 aliphatic carbocycles. The van der Waals surface area contributed by atoms with Gasteiger partial charge in [-0.1, -0.05) is 55.8 Å². The standard InChI is InChI=1S/C17H22ClN/c1-13-16-12-14-6-3-4-7-15(14)17(13,2)8-11-19(16)10-5-9-18/h3-7,9,13,16H,8,10-12H2,1-2H3/t13-,16-,17-/m1/s1. The molecule has 1 aliphatic heterocycles. The molecule has 1 saturated heterocycles. The van der Waals surface area contributed by atoms with Gasteiger partial charge in [-0.3, -0.25) is 4.90 Å². The van der Waals surface area contributed by atoms with E-state index in [2.05, 4.69) is 49.1 Å². The second-order valence-electron chi connectivity index (χ2n) is 6.24. The van der Waals surface area contributed by atoms with Crippen molar-refractivity contribution in [2.45, 2.75) is 38.1 Å². The maximum absolute atomic E-state index is 5.69. The van der Waals surface area contributed by atoms with E-state index in [-0.39, 0.29) is 0 Å². The van der Waals surface area contributed by atoms with Gasteiger partial charge in [-0.25, -0.2) is 0 Å². The van der Waals surface area contributed by atoms with E-state index in [0.29, 0.717) is 17.4 Å². The van der Waals surface area contributed by atoms with E-state index in [1.165, 1.54) is 19.4 Å². The number of hydrogen-bond acceptors (Lipinski definition) is 1. The summed E-state index contributed by atoms with van der Waals surface area (Å²) in [6.07, 6.45) is 4.50. The fraction of sp³-hybridized carbons (Fsp3) is 0.529. The van der Waals surface area contributed by atoms with Crippen LogP contribution in [0.5, 0.6) is 0 Å². The molecule has 0 amide bonds. The molecule has 3 rings (SSSR count). The van der Waals surface area contributed by atoms with Gasteiger partial charge in [-0.05, 0) is 41.8 Å². The Kier molecular flexibility index (Phi) is 3.44. The minimum atomic E-state index is 0.348. The summed E-state index contributed by atoms with van der Waals surface area (Å²) in [5, 5.41) is 0. The average molecular weight is 276 g/mol. The molecular weight excluding hydrogens is 254 g/mol. The third-order valence-electron chi connectivity index (χ3n) is 5.46. The van der Waals surface area contributed by atoms with Crippen LogP contribution < -0.4 is 0 Å². The molecule has 1 aromatic rings. The highest BCUT2D eigenvalue weighted by atomic mass is 35.5. The molecule has 19 heavy (non-hydrogen) atoms. The third-order valence-corrected chi connectivity index (χ3v) is 5.64. The Morgan fingerprint density at radius 1 is 1.42 bits per heavy atom. The fourth-order valence-electron chi connectivity index (χ4n) is 4.08. The van der Waals surface area contributed by atoms with Gasteiger partial charge >= 0.3 is 0 Å². The zero-order chi connectivity index (χ0) is 13.5. The van der Waals surface area contributed by atoms with Crippen molar-refractivity contribution in [3.8, 4) is 0 Å². The molecule has 0 spiro atoms. The van der Waals surface area contributed by atoms with Crippen LogP contribution in [0.15, 0.2) is 35.9 Å². The Labute approximate surface area is 121 Å². The van der Waals surface area contributed by atoms with Crippen LogP contribution in [0.25, 0.3) is 0 Å². The molecule has 102 valence electrons. The van der Waals surface area contributed by atoms with E-state index in [0.717, 1.165) is 6.54 Å². The summed E-state index contributed by atoms with van der Waals surface area (Å²) >= 11 is 5.69. The lowest BCUT2D eigenvalue weighted by atomic mass is 9.59. The molecule has 1 heterocycles. The van der Waals surface area contributed by atoms with E-state index in [9.17, 15) is 0 Å². The summed E-state index contributed by atoms with van der Waals surface area (Å²) in [6.45, 7) is 7.05. The summed E-state index contributed by atoms with van der Waals surface area (Å²) in [6, 6.07) is 9.68. The van der Waals surface area contributed by atoms with E-state index >= 15 is 0 Å². The van der Waals surface area contributed by atoms with Gasteiger partial charge < -0.3 is 0 Å². The average Bonchev–Trinajstić information content (AvgIpc) is 2.42. The summed E-state index contributed by atoms with van der Waals surface area (Å²) < 4.78 is 0. The van der Waals surface area contributed by atoms with Crippen molar-refractivity contribution in [1.82, 2.24) is 4.90 Å². The number of piperidine rings is 1. The van der Waals surface area contributed by atoms with Crippen molar-refractivity contribution in [3.05, 3.63) is 47.0 Å². The minimum Gasteiger partial charge on any atom is -0.296 e. The van der Waals surface area contributed by atoms with Gasteiger partial charge in [0.15, 0.2) is 0 Å². The number of likely N-dealkylation sites (tertiary alicyclic amines) is 1. The SMILES string of the molecule is C[C@@H]1[C@H]2Cc3ccccc3[C@]1(C)CCN2CC=CCl. The highest BCUT2D eigenvalue weighted by molar-refractivity contribution is 6.25. The predicted molar refractivity (Wildman–Crippen MR) is 81.6 cm³/mol. The molecule has 0 radical (unpaired) electrons. The first-order valence-electron chi connectivity index (χ1n) is 7.24. The van der Waals surface area contributed by atoms with E-state index < -0.39 is 0 Å². The Hall–Kier alpha value is -0.790. The smallest absolute Gasteiger partial charge is 0.0177 e. The first-order valence-corrected chi connectivity index (χ1v) is 7.68. The van der Waals surface area contributed by atoms with Gasteiger partial charge in [0.05, 0.1) is 0 Å². The lowest BCUT2D eigenvalue weighted by Crippen LogP contribution is -2.57. The zero-order valence-electron chi connectivity index (χ0n) is 11.8. The number of halogens is 1. The quantitative estimate of drug-likeness (QED) is 0.790. The maximum atomic E-state index is 5.69. The molecule has 3 atom stereocenters. The first kappa shape index (κ1) is 13.2. The maximum Gasteiger partial charge on any atom is 0.0177 e. The molecule has 2 aliphatic rings. The number of rotatable bonds is 2. The van der Waals surface area contributed by atoms with Crippen LogP contribution in [0.2, 0.25) is 0 Å². The summed E-state index contributed by atoms with van der Waals surface area (Å²) in [4.78, 5) is 2.60. The second kappa shape index (κ2) is 4.96. The largest absolute Gasteiger partial charge is 0.296 e. The van der Waals surface area contributed by atoms with E-state index in [1.54, 1.807) is 16.7 Å². The molecule has 0 aromatic heterocycles. The second-order valence-corrected chi connectivity index (χ2v) is 6.49. The van der Waals surface area contributed by atoms with Gasteiger partial charge in [-0.15, -0.1) is 0 Å². The van der Waals surface area contributed by atoms with E-state index in [4.69, 9.17) is 11.6 Å². The summed E-state index contributed by atoms with van der Waals surface area (Å²) in [5.41, 5.74) is 5.13. The lowest BCUT2D eigenvalue weighted by molar-refractivity contribution is 0.0399. The van der Waals surface area contributed by atoms with Crippen LogP contribution in [-0.2, 0) is 11.8 Å². The van der Waals surface area contributed by atoms with Crippen molar-refractivity contribution in [1.29, 1.82) is 0 Å². The van der Waals surface area contributed by atoms with Crippen molar-refractivity contribution in [2.75, 3.05) is 13.1 Å². The van der Waals surface area contributed by atoms with Crippen LogP contribution in [0.1, 0.15) is 31.4 Å². The molecule has 1 nitrogen and oxygen atoms in total. The van der Waals surface area contributed by atoms with Crippen LogP contribution in [0, 0.1) is 5.92 Å². The number of nitrogens with zero attached hydrogens (tertiary/aromatic N) is 1. The topological polar surface area (TPSA) is 3.24 Å². The Balaban J connectivity index is 1.97.